The maximum Gasteiger partial charge on any atom is 0.248 e. The zero-order valence-corrected chi connectivity index (χ0v) is 16.4. The Hall–Kier alpha value is -1.18. The third-order valence-corrected chi connectivity index (χ3v) is 6.22. The average molecular weight is 367 g/mol. The van der Waals surface area contributed by atoms with Crippen LogP contribution in [0.5, 0.6) is 0 Å². The maximum absolute atomic E-state index is 12.9. The second-order valence-corrected chi connectivity index (χ2v) is 8.01. The third-order valence-electron chi connectivity index (χ3n) is 6.22. The molecule has 7 nitrogen and oxygen atoms in total. The van der Waals surface area contributed by atoms with Gasteiger partial charge in [-0.1, -0.05) is 0 Å². The van der Waals surface area contributed by atoms with Crippen LogP contribution in [0.4, 0.5) is 0 Å². The number of nitrogens with zero attached hydrogens (tertiary/aromatic N) is 4. The van der Waals surface area contributed by atoms with Gasteiger partial charge in [0.2, 0.25) is 11.8 Å². The Bertz CT molecular complexity index is 485. The molecule has 148 valence electrons. The van der Waals surface area contributed by atoms with Gasteiger partial charge in [0.1, 0.15) is 6.61 Å². The van der Waals surface area contributed by atoms with Gasteiger partial charge >= 0.3 is 0 Å². The summed E-state index contributed by atoms with van der Waals surface area (Å²) >= 11 is 0. The van der Waals surface area contributed by atoms with Gasteiger partial charge in [0, 0.05) is 59.0 Å². The Labute approximate surface area is 157 Å². The minimum atomic E-state index is 0.0905. The van der Waals surface area contributed by atoms with E-state index in [1.165, 1.54) is 0 Å². The standard InChI is InChI=1S/C19H34N4O3/c1-20-10-12-22(13-11-20)19(25)16-4-3-7-23(14-16)17-5-8-21(9-6-17)18(24)15-26-2/h16-17H,3-15H2,1-2H3. The Morgan fingerprint density at radius 2 is 1.62 bits per heavy atom. The van der Waals surface area contributed by atoms with Crippen LogP contribution in [0.1, 0.15) is 25.7 Å². The molecular weight excluding hydrogens is 332 g/mol. The van der Waals surface area contributed by atoms with E-state index < -0.39 is 0 Å². The maximum atomic E-state index is 12.9. The predicted octanol–water partition coefficient (Wildman–Crippen LogP) is 0.110. The van der Waals surface area contributed by atoms with Gasteiger partial charge in [-0.3, -0.25) is 14.5 Å². The van der Waals surface area contributed by atoms with E-state index in [-0.39, 0.29) is 18.4 Å². The monoisotopic (exact) mass is 366 g/mol. The fourth-order valence-corrected chi connectivity index (χ4v) is 4.52. The average Bonchev–Trinajstić information content (AvgIpc) is 2.68. The second-order valence-electron chi connectivity index (χ2n) is 8.01. The lowest BCUT2D eigenvalue weighted by molar-refractivity contribution is -0.139. The van der Waals surface area contributed by atoms with Gasteiger partial charge in [0.25, 0.3) is 0 Å². The highest BCUT2D eigenvalue weighted by molar-refractivity contribution is 5.79. The topological polar surface area (TPSA) is 56.3 Å². The lowest BCUT2D eigenvalue weighted by atomic mass is 9.92. The summed E-state index contributed by atoms with van der Waals surface area (Å²) in [6.07, 6.45) is 4.13. The number of methoxy groups -OCH3 is 1. The van der Waals surface area contributed by atoms with Crippen molar-refractivity contribution in [3.63, 3.8) is 0 Å². The Morgan fingerprint density at radius 3 is 2.27 bits per heavy atom. The first-order valence-electron chi connectivity index (χ1n) is 10.1. The molecule has 0 aromatic rings. The molecule has 2 amide bonds. The molecule has 1 atom stereocenters. The van der Waals surface area contributed by atoms with Crippen LogP contribution in [0.2, 0.25) is 0 Å². The number of piperidine rings is 2. The molecule has 3 aliphatic rings. The lowest BCUT2D eigenvalue weighted by Gasteiger charge is -2.43. The normalized spacial score (nSPS) is 26.9. The Morgan fingerprint density at radius 1 is 0.923 bits per heavy atom. The van der Waals surface area contributed by atoms with Crippen LogP contribution in [-0.2, 0) is 14.3 Å². The molecule has 3 aliphatic heterocycles. The summed E-state index contributed by atoms with van der Waals surface area (Å²) in [5.41, 5.74) is 0. The van der Waals surface area contributed by atoms with Crippen molar-refractivity contribution in [2.45, 2.75) is 31.7 Å². The van der Waals surface area contributed by atoms with Crippen molar-refractivity contribution >= 4 is 11.8 Å². The fourth-order valence-electron chi connectivity index (χ4n) is 4.52. The van der Waals surface area contributed by atoms with Crippen LogP contribution in [0, 0.1) is 5.92 Å². The van der Waals surface area contributed by atoms with Gasteiger partial charge < -0.3 is 19.4 Å². The second kappa shape index (κ2) is 9.15. The Balaban J connectivity index is 1.48. The summed E-state index contributed by atoms with van der Waals surface area (Å²) in [5, 5.41) is 0. The molecule has 0 radical (unpaired) electrons. The zero-order valence-electron chi connectivity index (χ0n) is 16.4. The molecule has 0 aliphatic carbocycles. The molecule has 0 spiro atoms. The molecule has 7 heteroatoms. The number of hydrogen-bond acceptors (Lipinski definition) is 5. The van der Waals surface area contributed by atoms with E-state index in [2.05, 4.69) is 21.7 Å². The molecule has 3 saturated heterocycles. The van der Waals surface area contributed by atoms with E-state index in [4.69, 9.17) is 4.74 Å². The summed E-state index contributed by atoms with van der Waals surface area (Å²) in [6, 6.07) is 0.504. The number of likely N-dealkylation sites (tertiary alicyclic amines) is 2. The van der Waals surface area contributed by atoms with Crippen molar-refractivity contribution in [3.05, 3.63) is 0 Å². The van der Waals surface area contributed by atoms with Gasteiger partial charge in [-0.2, -0.15) is 0 Å². The van der Waals surface area contributed by atoms with Crippen LogP contribution in [-0.4, -0.2) is 111 Å². The highest BCUT2D eigenvalue weighted by Gasteiger charge is 2.34. The van der Waals surface area contributed by atoms with E-state index >= 15 is 0 Å². The predicted molar refractivity (Wildman–Crippen MR) is 99.9 cm³/mol. The highest BCUT2D eigenvalue weighted by atomic mass is 16.5. The van der Waals surface area contributed by atoms with Gasteiger partial charge in [-0.15, -0.1) is 0 Å². The molecular formula is C19H34N4O3. The summed E-state index contributed by atoms with van der Waals surface area (Å²) in [5.74, 6) is 0.600. The minimum Gasteiger partial charge on any atom is -0.375 e. The van der Waals surface area contributed by atoms with Crippen molar-refractivity contribution in [2.75, 3.05) is 73.1 Å². The Kier molecular flexibility index (Phi) is 6.89. The van der Waals surface area contributed by atoms with E-state index in [1.807, 2.05) is 4.90 Å². The van der Waals surface area contributed by atoms with E-state index in [0.29, 0.717) is 11.9 Å². The molecule has 26 heavy (non-hydrogen) atoms. The lowest BCUT2D eigenvalue weighted by Crippen LogP contribution is -2.54. The molecule has 3 rings (SSSR count). The van der Waals surface area contributed by atoms with Crippen molar-refractivity contribution in [2.24, 2.45) is 5.92 Å². The van der Waals surface area contributed by atoms with Crippen LogP contribution < -0.4 is 0 Å². The first-order chi connectivity index (χ1) is 12.6. The summed E-state index contributed by atoms with van der Waals surface area (Å²) in [6.45, 7) is 7.46. The molecule has 3 heterocycles. The highest BCUT2D eigenvalue weighted by Crippen LogP contribution is 2.25. The van der Waals surface area contributed by atoms with Crippen molar-refractivity contribution in [3.8, 4) is 0 Å². The largest absolute Gasteiger partial charge is 0.375 e. The smallest absolute Gasteiger partial charge is 0.248 e. The van der Waals surface area contributed by atoms with Crippen molar-refractivity contribution in [1.29, 1.82) is 0 Å². The van der Waals surface area contributed by atoms with Gasteiger partial charge in [0.05, 0.1) is 5.92 Å². The van der Waals surface area contributed by atoms with E-state index in [0.717, 1.165) is 78.0 Å². The van der Waals surface area contributed by atoms with E-state index in [9.17, 15) is 9.59 Å². The SMILES string of the molecule is COCC(=O)N1CCC(N2CCCC(C(=O)N3CCN(C)CC3)C2)CC1. The summed E-state index contributed by atoms with van der Waals surface area (Å²) < 4.78 is 4.96. The molecule has 3 fully saturated rings. The zero-order chi connectivity index (χ0) is 18.5. The number of carbonyl (C=O) groups is 2. The minimum absolute atomic E-state index is 0.0905. The fraction of sp³-hybridized carbons (Fsp3) is 0.895. The summed E-state index contributed by atoms with van der Waals surface area (Å²) in [7, 11) is 3.68. The molecule has 1 unspecified atom stereocenters. The number of ether oxygens (including phenoxy) is 1. The molecule has 0 aromatic carbocycles. The molecule has 0 aromatic heterocycles. The van der Waals surface area contributed by atoms with Gasteiger partial charge in [-0.25, -0.2) is 0 Å². The number of amides is 2. The molecule has 0 N–H and O–H groups in total. The molecule has 0 bridgehead atoms. The number of hydrogen-bond donors (Lipinski definition) is 0. The van der Waals surface area contributed by atoms with Crippen LogP contribution in [0.25, 0.3) is 0 Å². The van der Waals surface area contributed by atoms with Gasteiger partial charge in [0.15, 0.2) is 0 Å². The van der Waals surface area contributed by atoms with Crippen LogP contribution in [0.3, 0.4) is 0 Å². The number of likely N-dealkylation sites (N-methyl/N-ethyl adjacent to an activating group) is 1. The van der Waals surface area contributed by atoms with Crippen LogP contribution >= 0.6 is 0 Å². The first-order valence-corrected chi connectivity index (χ1v) is 10.1. The first kappa shape index (κ1) is 19.6. The van der Waals surface area contributed by atoms with E-state index in [1.54, 1.807) is 7.11 Å². The third kappa shape index (κ3) is 4.75. The van der Waals surface area contributed by atoms with Crippen molar-refractivity contribution in [1.82, 2.24) is 19.6 Å². The number of carbonyl (C=O) groups excluding carboxylic acids is 2. The number of rotatable bonds is 4. The van der Waals surface area contributed by atoms with Gasteiger partial charge in [-0.05, 0) is 39.3 Å². The number of piperazine rings is 1. The summed E-state index contributed by atoms with van der Waals surface area (Å²) in [4.78, 5) is 33.7. The quantitative estimate of drug-likeness (QED) is 0.707. The van der Waals surface area contributed by atoms with Crippen molar-refractivity contribution < 1.29 is 14.3 Å². The van der Waals surface area contributed by atoms with Crippen LogP contribution in [0.15, 0.2) is 0 Å². The molecule has 0 saturated carbocycles.